The fourth-order valence-corrected chi connectivity index (χ4v) is 7.76. The lowest BCUT2D eigenvalue weighted by Gasteiger charge is -2.25. The molecule has 3 atom stereocenters. The molecule has 0 saturated carbocycles. The topological polar surface area (TPSA) is 105 Å². The van der Waals surface area contributed by atoms with Gasteiger partial charge in [-0.3, -0.25) is 13.8 Å². The largest absolute Gasteiger partial charge is 0.472 e. The first kappa shape index (κ1) is 61.7. The molecule has 64 heavy (non-hydrogen) atoms. The molecule has 0 fully saturated rings. The molecule has 0 spiro atoms. The maximum Gasteiger partial charge on any atom is 0.472 e. The number of allylic oxidation sites excluding steroid dienone is 13. The molecule has 370 valence electrons. The summed E-state index contributed by atoms with van der Waals surface area (Å²) in [5.74, 6) is -0.192. The summed E-state index contributed by atoms with van der Waals surface area (Å²) in [7, 11) is 1.54. The third-order valence-corrected chi connectivity index (χ3v) is 12.1. The first-order valence-corrected chi connectivity index (χ1v) is 27.5. The Balaban J connectivity index is 4.20. The molecule has 0 aliphatic rings. The van der Waals surface area contributed by atoms with E-state index in [4.69, 9.17) is 9.05 Å². The monoisotopic (exact) mass is 916 g/mol. The van der Waals surface area contributed by atoms with Gasteiger partial charge in [0.25, 0.3) is 0 Å². The number of aliphatic hydroxyl groups is 1. The summed E-state index contributed by atoms with van der Waals surface area (Å²) >= 11 is 0. The van der Waals surface area contributed by atoms with Crippen LogP contribution in [0.5, 0.6) is 0 Å². The minimum Gasteiger partial charge on any atom is -0.387 e. The zero-order valence-corrected chi connectivity index (χ0v) is 42.9. The first-order chi connectivity index (χ1) is 31.0. The van der Waals surface area contributed by atoms with Crippen molar-refractivity contribution in [3.63, 3.8) is 0 Å². The van der Waals surface area contributed by atoms with Crippen LogP contribution in [0.2, 0.25) is 0 Å². The van der Waals surface area contributed by atoms with Crippen molar-refractivity contribution in [3.8, 4) is 0 Å². The normalized spacial score (nSPS) is 14.8. The number of quaternary nitrogens is 1. The molecule has 0 saturated heterocycles. The van der Waals surface area contributed by atoms with Crippen molar-refractivity contribution in [3.05, 3.63) is 85.1 Å². The number of hydrogen-bond acceptors (Lipinski definition) is 5. The molecule has 0 radical (unpaired) electrons. The number of nitrogens with one attached hydrogen (secondary N) is 1. The Morgan fingerprint density at radius 3 is 1.44 bits per heavy atom. The summed E-state index contributed by atoms with van der Waals surface area (Å²) in [6, 6.07) is -0.867. The number of likely N-dealkylation sites (N-methyl/N-ethyl adjacent to an activating group) is 1. The van der Waals surface area contributed by atoms with Gasteiger partial charge in [0.2, 0.25) is 5.91 Å². The van der Waals surface area contributed by atoms with Gasteiger partial charge in [-0.05, 0) is 77.0 Å². The van der Waals surface area contributed by atoms with E-state index in [0.29, 0.717) is 17.4 Å². The second kappa shape index (κ2) is 45.8. The van der Waals surface area contributed by atoms with Gasteiger partial charge in [0.1, 0.15) is 13.2 Å². The average molecular weight is 916 g/mol. The van der Waals surface area contributed by atoms with E-state index in [1.807, 2.05) is 27.2 Å². The number of rotatable bonds is 46. The Morgan fingerprint density at radius 1 is 0.547 bits per heavy atom. The summed E-state index contributed by atoms with van der Waals surface area (Å²) in [5, 5.41) is 13.8. The van der Waals surface area contributed by atoms with Crippen LogP contribution in [-0.2, 0) is 18.4 Å². The zero-order valence-electron chi connectivity index (χ0n) is 42.0. The number of phosphoric ester groups is 1. The summed E-state index contributed by atoms with van der Waals surface area (Å²) in [6.45, 7) is 4.66. The number of aliphatic hydroxyl groups excluding tert-OH is 1. The first-order valence-electron chi connectivity index (χ1n) is 26.0. The van der Waals surface area contributed by atoms with Crippen molar-refractivity contribution in [2.75, 3.05) is 40.9 Å². The Labute approximate surface area is 395 Å². The van der Waals surface area contributed by atoms with Crippen molar-refractivity contribution >= 4 is 13.7 Å². The van der Waals surface area contributed by atoms with Crippen LogP contribution in [0.4, 0.5) is 0 Å². The van der Waals surface area contributed by atoms with Crippen LogP contribution < -0.4 is 5.32 Å². The second-order valence-electron chi connectivity index (χ2n) is 18.5. The van der Waals surface area contributed by atoms with E-state index in [1.165, 1.54) is 116 Å². The average Bonchev–Trinajstić information content (AvgIpc) is 3.25. The third-order valence-electron chi connectivity index (χ3n) is 11.1. The van der Waals surface area contributed by atoms with Crippen molar-refractivity contribution in [2.24, 2.45) is 0 Å². The van der Waals surface area contributed by atoms with E-state index in [1.54, 1.807) is 6.08 Å². The lowest BCUT2D eigenvalue weighted by atomic mass is 10.0. The molecule has 3 N–H and O–H groups in total. The Kier molecular flexibility index (Phi) is 44.2. The van der Waals surface area contributed by atoms with Gasteiger partial charge in [-0.2, -0.15) is 0 Å². The molecule has 0 aliphatic heterocycles. The Morgan fingerprint density at radius 2 is 0.953 bits per heavy atom. The van der Waals surface area contributed by atoms with E-state index >= 15 is 0 Å². The van der Waals surface area contributed by atoms with Gasteiger partial charge in [-0.15, -0.1) is 0 Å². The molecule has 9 heteroatoms. The zero-order chi connectivity index (χ0) is 47.1. The number of unbranched alkanes of at least 4 members (excludes halogenated alkanes) is 21. The minimum absolute atomic E-state index is 0.0527. The van der Waals surface area contributed by atoms with Gasteiger partial charge in [0.05, 0.1) is 39.9 Å². The molecule has 0 aromatic heterocycles. The van der Waals surface area contributed by atoms with E-state index in [-0.39, 0.29) is 19.1 Å². The van der Waals surface area contributed by atoms with Crippen LogP contribution in [-0.4, -0.2) is 73.4 Å². The molecule has 0 bridgehead atoms. The highest BCUT2D eigenvalue weighted by atomic mass is 31.2. The number of amides is 1. The lowest BCUT2D eigenvalue weighted by Crippen LogP contribution is -2.45. The third kappa shape index (κ3) is 47.6. The van der Waals surface area contributed by atoms with Gasteiger partial charge >= 0.3 is 7.82 Å². The predicted molar refractivity (Wildman–Crippen MR) is 276 cm³/mol. The summed E-state index contributed by atoms with van der Waals surface area (Å²) < 4.78 is 23.6. The number of phosphoric acid groups is 1. The quantitative estimate of drug-likeness (QED) is 0.0243. The predicted octanol–water partition coefficient (Wildman–Crippen LogP) is 15.3. The SMILES string of the molecule is CC/C=C\C/C=C\C/C=C\C/C=C\C/C=C\CCCCCCCCCCCCCCCC(=O)NC(COP(=O)(O)OCC[N+](C)(C)C)C(O)/C=C/CC/C=C/CCCCCCCCC. The Hall–Kier alpha value is -2.32. The van der Waals surface area contributed by atoms with Gasteiger partial charge in [-0.25, -0.2) is 4.57 Å². The molecule has 0 rings (SSSR count). The molecule has 1 amide bonds. The number of carbonyl (C=O) groups is 1. The molecule has 0 aromatic carbocycles. The highest BCUT2D eigenvalue weighted by molar-refractivity contribution is 7.47. The van der Waals surface area contributed by atoms with Gasteiger partial charge < -0.3 is 19.8 Å². The number of hydrogen-bond donors (Lipinski definition) is 3. The van der Waals surface area contributed by atoms with Crippen LogP contribution in [0, 0.1) is 0 Å². The highest BCUT2D eigenvalue weighted by Crippen LogP contribution is 2.43. The minimum atomic E-state index is -4.35. The van der Waals surface area contributed by atoms with Crippen LogP contribution in [0.25, 0.3) is 0 Å². The summed E-state index contributed by atoms with van der Waals surface area (Å²) in [4.78, 5) is 23.2. The van der Waals surface area contributed by atoms with Crippen molar-refractivity contribution in [1.82, 2.24) is 5.32 Å². The van der Waals surface area contributed by atoms with Crippen molar-refractivity contribution in [1.29, 1.82) is 0 Å². The number of nitrogens with zero attached hydrogens (tertiary/aromatic N) is 1. The van der Waals surface area contributed by atoms with Gasteiger partial charge in [-0.1, -0.05) is 208 Å². The van der Waals surface area contributed by atoms with Crippen LogP contribution in [0.1, 0.15) is 206 Å². The fourth-order valence-electron chi connectivity index (χ4n) is 7.02. The fraction of sp³-hybridized carbons (Fsp3) is 0.727. The van der Waals surface area contributed by atoms with Gasteiger partial charge in [0, 0.05) is 6.42 Å². The highest BCUT2D eigenvalue weighted by Gasteiger charge is 2.27. The van der Waals surface area contributed by atoms with E-state index in [2.05, 4.69) is 92.1 Å². The van der Waals surface area contributed by atoms with Crippen molar-refractivity contribution < 1.29 is 32.9 Å². The summed E-state index contributed by atoms with van der Waals surface area (Å²) in [5.41, 5.74) is 0. The molecule has 8 nitrogen and oxygen atoms in total. The van der Waals surface area contributed by atoms with E-state index in [9.17, 15) is 19.4 Å². The summed E-state index contributed by atoms with van der Waals surface area (Å²) in [6.07, 6.45) is 63.9. The molecular formula is C55H100N2O6P+. The van der Waals surface area contributed by atoms with Gasteiger partial charge in [0.15, 0.2) is 0 Å². The van der Waals surface area contributed by atoms with Crippen LogP contribution >= 0.6 is 7.82 Å². The molecular weight excluding hydrogens is 816 g/mol. The van der Waals surface area contributed by atoms with E-state index < -0.39 is 20.0 Å². The standard InChI is InChI=1S/C55H99N2O6P/c1-6-8-10-12-14-16-18-20-21-22-23-24-25-26-27-28-29-30-31-32-33-34-35-37-39-41-43-45-47-49-55(59)56-53(52-63-64(60,61)62-51-50-57(3,4)5)54(58)48-46-44-42-40-38-36-19-17-15-13-11-9-7-2/h8,10,14,16,20-21,23-24,26-27,38,40,46,48,53-54,58H,6-7,9,11-13,15,17-19,22,25,28-37,39,41-45,47,49-52H2,1-5H3,(H-,56,59,60,61)/p+1/b10-8-,16-14-,21-20-,24-23-,27-26-,40-38+,48-46+. The molecule has 0 aromatic rings. The maximum absolute atomic E-state index is 12.9. The second-order valence-corrected chi connectivity index (χ2v) is 20.0. The van der Waals surface area contributed by atoms with Crippen LogP contribution in [0.3, 0.4) is 0 Å². The Bertz CT molecular complexity index is 1310. The molecule has 3 unspecified atom stereocenters. The lowest BCUT2D eigenvalue weighted by molar-refractivity contribution is -0.870. The molecule has 0 aliphatic carbocycles. The van der Waals surface area contributed by atoms with E-state index in [0.717, 1.165) is 70.6 Å². The molecule has 0 heterocycles. The van der Waals surface area contributed by atoms with Crippen LogP contribution in [0.15, 0.2) is 85.1 Å². The van der Waals surface area contributed by atoms with Crippen molar-refractivity contribution in [2.45, 2.75) is 219 Å². The smallest absolute Gasteiger partial charge is 0.387 e. The number of carbonyl (C=O) groups excluding carboxylic acids is 1. The maximum atomic E-state index is 12.9.